The summed E-state index contributed by atoms with van der Waals surface area (Å²) in [6, 6.07) is 0. The molecule has 4 heterocycles. The standard InChI is InChI=1S/C53H90O22/c1-23(2)10-9-14-53(8,75-47-43(67)39(63)37(61)29(72-47)22-69-45-41(65)34(58)26(57)21-68-45)24-11-16-52(7)33(24)25(56)18-31-50(5)15-13-32(49(3,4)30(50)12-17-51(31,52)6)73-48-44(40(64)36(60)28(20-55)71-48)74-46-42(66)38(62)35(59)27(19-54)70-46/h10,24-48,54-67H,9,11-22H2,1-8H3/t24-,25+,26-,27+,28+,29+,30+,31+,32-,33-,34-,35+,36+,37+,38-,39-,40-,41+,42+,43+,44+,45+,46+,47+,48+,50-,51+,52+,53-/m0/s1. The Morgan fingerprint density at radius 1 is 0.587 bits per heavy atom. The molecular weight excluding hydrogens is 989 g/mol. The van der Waals surface area contributed by atoms with E-state index in [-0.39, 0.29) is 41.1 Å². The van der Waals surface area contributed by atoms with Crippen molar-refractivity contribution in [2.75, 3.05) is 26.4 Å². The summed E-state index contributed by atoms with van der Waals surface area (Å²) < 4.78 is 48.8. The maximum absolute atomic E-state index is 12.8. The van der Waals surface area contributed by atoms with Gasteiger partial charge in [0, 0.05) is 0 Å². The zero-order valence-electron chi connectivity index (χ0n) is 44.7. The molecule has 22 nitrogen and oxygen atoms in total. The Bertz CT molecular complexity index is 1940. The lowest BCUT2D eigenvalue weighted by Gasteiger charge is -2.71. The molecule has 4 aliphatic carbocycles. The van der Waals surface area contributed by atoms with E-state index >= 15 is 0 Å². The first kappa shape index (κ1) is 60.0. The third-order valence-corrected chi connectivity index (χ3v) is 20.5. The van der Waals surface area contributed by atoms with E-state index in [2.05, 4.69) is 40.7 Å². The van der Waals surface area contributed by atoms with Crippen LogP contribution >= 0.6 is 0 Å². The number of hydrogen-bond acceptors (Lipinski definition) is 22. The van der Waals surface area contributed by atoms with E-state index < -0.39 is 165 Å². The first-order valence-electron chi connectivity index (χ1n) is 27.3. The zero-order chi connectivity index (χ0) is 55.1. The Kier molecular flexibility index (Phi) is 18.1. The molecule has 0 aromatic heterocycles. The second-order valence-electron chi connectivity index (χ2n) is 25.3. The Morgan fingerprint density at radius 2 is 1.16 bits per heavy atom. The fourth-order valence-electron chi connectivity index (χ4n) is 16.0. The molecule has 0 aromatic carbocycles. The van der Waals surface area contributed by atoms with E-state index in [4.69, 9.17) is 37.9 Å². The molecule has 0 unspecified atom stereocenters. The summed E-state index contributed by atoms with van der Waals surface area (Å²) in [5.74, 6) is -0.395. The number of rotatable bonds is 15. The van der Waals surface area contributed by atoms with Crippen LogP contribution < -0.4 is 0 Å². The molecule has 4 saturated carbocycles. The number of allylic oxidation sites excluding steroid dienone is 2. The monoisotopic (exact) mass is 1080 g/mol. The van der Waals surface area contributed by atoms with E-state index in [9.17, 15) is 71.5 Å². The summed E-state index contributed by atoms with van der Waals surface area (Å²) in [5, 5.41) is 151. The van der Waals surface area contributed by atoms with Gasteiger partial charge in [-0.15, -0.1) is 0 Å². The van der Waals surface area contributed by atoms with Crippen LogP contribution in [-0.2, 0) is 37.9 Å². The summed E-state index contributed by atoms with van der Waals surface area (Å²) in [6.45, 7) is 15.1. The second kappa shape index (κ2) is 22.7. The highest BCUT2D eigenvalue weighted by Crippen LogP contribution is 2.76. The lowest BCUT2D eigenvalue weighted by molar-refractivity contribution is -0.378. The second-order valence-corrected chi connectivity index (χ2v) is 25.3. The van der Waals surface area contributed by atoms with Crippen molar-refractivity contribution in [1.29, 1.82) is 0 Å². The van der Waals surface area contributed by atoms with E-state index in [1.54, 1.807) is 0 Å². The largest absolute Gasteiger partial charge is 0.394 e. The molecule has 0 aromatic rings. The van der Waals surface area contributed by atoms with Crippen LogP contribution in [0.4, 0.5) is 0 Å². The molecule has 0 amide bonds. The van der Waals surface area contributed by atoms with Crippen molar-refractivity contribution in [2.24, 2.45) is 45.3 Å². The van der Waals surface area contributed by atoms with E-state index in [0.29, 0.717) is 38.5 Å². The minimum Gasteiger partial charge on any atom is -0.394 e. The number of ether oxygens (including phenoxy) is 8. The predicted octanol–water partition coefficient (Wildman–Crippen LogP) is -1.56. The molecule has 8 fully saturated rings. The highest BCUT2D eigenvalue weighted by Gasteiger charge is 2.72. The smallest absolute Gasteiger partial charge is 0.187 e. The van der Waals surface area contributed by atoms with Crippen LogP contribution in [0.25, 0.3) is 0 Å². The maximum Gasteiger partial charge on any atom is 0.187 e. The summed E-state index contributed by atoms with van der Waals surface area (Å²) >= 11 is 0. The summed E-state index contributed by atoms with van der Waals surface area (Å²) in [6.07, 6.45) is -22.6. The molecule has 4 saturated heterocycles. The summed E-state index contributed by atoms with van der Waals surface area (Å²) in [4.78, 5) is 0. The Morgan fingerprint density at radius 3 is 1.80 bits per heavy atom. The van der Waals surface area contributed by atoms with Crippen LogP contribution in [0.5, 0.6) is 0 Å². The number of hydrogen-bond donors (Lipinski definition) is 14. The Hall–Kier alpha value is -1.14. The lowest BCUT2D eigenvalue weighted by atomic mass is 9.35. The third kappa shape index (κ3) is 10.6. The highest BCUT2D eigenvalue weighted by molar-refractivity contribution is 5.20. The van der Waals surface area contributed by atoms with Gasteiger partial charge in [0.2, 0.25) is 0 Å². The van der Waals surface area contributed by atoms with Crippen molar-refractivity contribution in [3.8, 4) is 0 Å². The molecule has 0 bridgehead atoms. The first-order chi connectivity index (χ1) is 35.1. The van der Waals surface area contributed by atoms with Gasteiger partial charge >= 0.3 is 0 Å². The third-order valence-electron chi connectivity index (χ3n) is 20.5. The normalized spacial score (nSPS) is 52.7. The quantitative estimate of drug-likeness (QED) is 0.0651. The van der Waals surface area contributed by atoms with Crippen LogP contribution in [0.3, 0.4) is 0 Å². The number of aliphatic hydroxyl groups excluding tert-OH is 14. The molecular formula is C53H90O22. The minimum atomic E-state index is -1.81. The molecule has 22 heteroatoms. The average molecular weight is 1080 g/mol. The summed E-state index contributed by atoms with van der Waals surface area (Å²) in [5.41, 5.74) is -1.48. The van der Waals surface area contributed by atoms with Crippen LogP contribution in [0.2, 0.25) is 0 Å². The molecule has 8 rings (SSSR count). The van der Waals surface area contributed by atoms with E-state index in [1.807, 2.05) is 20.8 Å². The Balaban J connectivity index is 1.01. The minimum absolute atomic E-state index is 0.0508. The first-order valence-corrected chi connectivity index (χ1v) is 27.3. The number of fused-ring (bicyclic) bond motifs is 5. The van der Waals surface area contributed by atoms with Crippen LogP contribution in [0.15, 0.2) is 11.6 Å². The van der Waals surface area contributed by atoms with Crippen molar-refractivity contribution in [2.45, 2.75) is 248 Å². The predicted molar refractivity (Wildman–Crippen MR) is 260 cm³/mol. The maximum atomic E-state index is 12.8. The fraction of sp³-hybridized carbons (Fsp3) is 0.962. The van der Waals surface area contributed by atoms with Gasteiger partial charge in [0.15, 0.2) is 25.2 Å². The van der Waals surface area contributed by atoms with Crippen LogP contribution in [-0.4, -0.2) is 232 Å². The van der Waals surface area contributed by atoms with Crippen LogP contribution in [0, 0.1) is 45.3 Å². The SMILES string of the molecule is CC(C)=CCC[C@](C)(O[C@H]1O[C@H](CO[C@H]2OC[C@H](O)[C@H](O)[C@H]2O)[C@@H](O)[C@H](O)[C@H]1O)[C@H]1CC[C@]2(C)[C@@H]1[C@H](O)C[C@@H]1[C@@]3(C)CC[C@H](O[C@H]4O[C@H](CO)[C@@H](O)[C@H](O)[C@H]4O[C@H]4O[C@H](CO)[C@@H](O)[C@H](O)[C@H]4O)C(C)(C)[C@H]3CC[C@]12C. The van der Waals surface area contributed by atoms with Gasteiger partial charge in [0.1, 0.15) is 91.6 Å². The van der Waals surface area contributed by atoms with Gasteiger partial charge in [0.25, 0.3) is 0 Å². The molecule has 8 aliphatic rings. The van der Waals surface area contributed by atoms with Gasteiger partial charge in [-0.05, 0) is 124 Å². The molecule has 29 atom stereocenters. The molecule has 0 spiro atoms. The van der Waals surface area contributed by atoms with Crippen molar-refractivity contribution in [3.63, 3.8) is 0 Å². The average Bonchev–Trinajstić information content (AvgIpc) is 3.75. The van der Waals surface area contributed by atoms with Crippen molar-refractivity contribution in [1.82, 2.24) is 0 Å². The van der Waals surface area contributed by atoms with Gasteiger partial charge in [0.05, 0.1) is 44.2 Å². The van der Waals surface area contributed by atoms with Gasteiger partial charge < -0.3 is 109 Å². The van der Waals surface area contributed by atoms with Crippen molar-refractivity contribution < 1.29 is 109 Å². The fourth-order valence-corrected chi connectivity index (χ4v) is 16.0. The molecule has 434 valence electrons. The topological polar surface area (TPSA) is 357 Å². The van der Waals surface area contributed by atoms with Crippen molar-refractivity contribution >= 4 is 0 Å². The molecule has 0 radical (unpaired) electrons. The molecule has 75 heavy (non-hydrogen) atoms. The van der Waals surface area contributed by atoms with Gasteiger partial charge in [-0.3, -0.25) is 0 Å². The van der Waals surface area contributed by atoms with Gasteiger partial charge in [-0.2, -0.15) is 0 Å². The molecule has 14 N–H and O–H groups in total. The number of aliphatic hydroxyl groups is 14. The molecule has 4 aliphatic heterocycles. The van der Waals surface area contributed by atoms with E-state index in [1.165, 1.54) is 0 Å². The van der Waals surface area contributed by atoms with Crippen molar-refractivity contribution in [3.05, 3.63) is 11.6 Å². The summed E-state index contributed by atoms with van der Waals surface area (Å²) in [7, 11) is 0. The lowest BCUT2D eigenvalue weighted by Crippen LogP contribution is -2.68. The Labute approximate surface area is 439 Å². The van der Waals surface area contributed by atoms with Crippen LogP contribution in [0.1, 0.15) is 113 Å². The van der Waals surface area contributed by atoms with E-state index in [0.717, 1.165) is 24.8 Å². The highest BCUT2D eigenvalue weighted by atomic mass is 16.8. The van der Waals surface area contributed by atoms with Gasteiger partial charge in [-0.25, -0.2) is 0 Å². The van der Waals surface area contributed by atoms with Gasteiger partial charge in [-0.1, -0.05) is 46.3 Å². The zero-order valence-corrected chi connectivity index (χ0v) is 44.7.